The number of carboxylic acids is 1. The molecule has 5 nitrogen and oxygen atoms in total. The fourth-order valence-electron chi connectivity index (χ4n) is 3.30. The summed E-state index contributed by atoms with van der Waals surface area (Å²) in [5.41, 5.74) is 1.03. The Morgan fingerprint density at radius 1 is 1.35 bits per heavy atom. The summed E-state index contributed by atoms with van der Waals surface area (Å²) < 4.78 is 0. The highest BCUT2D eigenvalue weighted by molar-refractivity contribution is 6.31. The van der Waals surface area contributed by atoms with Crippen LogP contribution in [0, 0.1) is 5.92 Å². The molecule has 1 aromatic carbocycles. The van der Waals surface area contributed by atoms with E-state index in [0.717, 1.165) is 29.8 Å². The number of rotatable bonds is 4. The van der Waals surface area contributed by atoms with Gasteiger partial charge >= 0.3 is 12.0 Å². The minimum absolute atomic E-state index is 0.0595. The van der Waals surface area contributed by atoms with Crippen LogP contribution >= 0.6 is 11.6 Å². The van der Waals surface area contributed by atoms with E-state index in [1.807, 2.05) is 24.3 Å². The van der Waals surface area contributed by atoms with Crippen molar-refractivity contribution in [1.82, 2.24) is 10.2 Å². The average Bonchev–Trinajstić information content (AvgIpc) is 3.34. The van der Waals surface area contributed by atoms with Gasteiger partial charge in [-0.25, -0.2) is 4.79 Å². The molecule has 1 aromatic rings. The van der Waals surface area contributed by atoms with Gasteiger partial charge in [0.1, 0.15) is 0 Å². The highest BCUT2D eigenvalue weighted by Crippen LogP contribution is 2.49. The number of urea groups is 1. The van der Waals surface area contributed by atoms with Gasteiger partial charge in [-0.1, -0.05) is 29.8 Å². The maximum Gasteiger partial charge on any atom is 0.317 e. The number of carbonyl (C=O) groups excluding carboxylic acids is 1. The van der Waals surface area contributed by atoms with Crippen molar-refractivity contribution < 1.29 is 14.7 Å². The van der Waals surface area contributed by atoms with Crippen LogP contribution in [-0.4, -0.2) is 41.6 Å². The molecule has 23 heavy (non-hydrogen) atoms. The van der Waals surface area contributed by atoms with Gasteiger partial charge in [-0.3, -0.25) is 4.79 Å². The second kappa shape index (κ2) is 6.40. The number of benzene rings is 1. The maximum atomic E-state index is 12.3. The molecule has 3 rings (SSSR count). The van der Waals surface area contributed by atoms with E-state index >= 15 is 0 Å². The maximum absolute atomic E-state index is 12.3. The molecule has 1 atom stereocenters. The van der Waals surface area contributed by atoms with Crippen LogP contribution in [0.25, 0.3) is 0 Å². The van der Waals surface area contributed by atoms with Crippen LogP contribution in [0.4, 0.5) is 4.79 Å². The number of carbonyl (C=O) groups is 2. The van der Waals surface area contributed by atoms with Gasteiger partial charge < -0.3 is 15.3 Å². The molecular formula is C17H21ClN2O3. The Balaban J connectivity index is 1.59. The molecule has 1 saturated heterocycles. The Kier molecular flexibility index (Phi) is 4.48. The van der Waals surface area contributed by atoms with Crippen molar-refractivity contribution in [2.45, 2.75) is 31.1 Å². The summed E-state index contributed by atoms with van der Waals surface area (Å²) in [6.07, 6.45) is 3.40. The van der Waals surface area contributed by atoms with Gasteiger partial charge in [0.05, 0.1) is 5.92 Å². The number of nitrogens with zero attached hydrogens (tertiary/aromatic N) is 1. The smallest absolute Gasteiger partial charge is 0.317 e. The van der Waals surface area contributed by atoms with Gasteiger partial charge in [0.15, 0.2) is 0 Å². The topological polar surface area (TPSA) is 69.6 Å². The lowest BCUT2D eigenvalue weighted by atomic mass is 9.96. The lowest BCUT2D eigenvalue weighted by Crippen LogP contribution is -2.48. The van der Waals surface area contributed by atoms with E-state index in [9.17, 15) is 9.59 Å². The zero-order valence-corrected chi connectivity index (χ0v) is 13.7. The normalized spacial score (nSPS) is 22.5. The second-order valence-corrected chi connectivity index (χ2v) is 6.95. The molecule has 1 aliphatic heterocycles. The van der Waals surface area contributed by atoms with Gasteiger partial charge in [0.25, 0.3) is 0 Å². The molecule has 2 N–H and O–H groups in total. The summed E-state index contributed by atoms with van der Waals surface area (Å²) in [6.45, 7) is 1.46. The Morgan fingerprint density at radius 2 is 2.09 bits per heavy atom. The van der Waals surface area contributed by atoms with Crippen molar-refractivity contribution in [3.63, 3.8) is 0 Å². The summed E-state index contributed by atoms with van der Waals surface area (Å²) in [5, 5.41) is 12.8. The van der Waals surface area contributed by atoms with Gasteiger partial charge in [-0.2, -0.15) is 0 Å². The zero-order valence-electron chi connectivity index (χ0n) is 12.9. The van der Waals surface area contributed by atoms with E-state index in [0.29, 0.717) is 26.1 Å². The van der Waals surface area contributed by atoms with Crippen LogP contribution in [-0.2, 0) is 10.2 Å². The first kappa shape index (κ1) is 16.1. The Labute approximate surface area is 140 Å². The lowest BCUT2D eigenvalue weighted by molar-refractivity contribution is -0.143. The number of carboxylic acid groups (broad SMARTS) is 1. The fourth-order valence-corrected chi connectivity index (χ4v) is 3.64. The van der Waals surface area contributed by atoms with E-state index in [-0.39, 0.29) is 11.4 Å². The molecule has 2 fully saturated rings. The highest BCUT2D eigenvalue weighted by Gasteiger charge is 2.45. The number of aliphatic carboxylic acids is 1. The molecule has 0 radical (unpaired) electrons. The molecule has 1 aliphatic carbocycles. The number of amides is 2. The standard InChI is InChI=1S/C17H21ClN2O3/c18-14-6-2-1-5-13(14)17(7-8-17)11-19-16(23)20-9-3-4-12(10-20)15(21)22/h1-2,5-6,12H,3-4,7-11H2,(H,19,23)(H,21,22). The second-order valence-electron chi connectivity index (χ2n) is 6.54. The summed E-state index contributed by atoms with van der Waals surface area (Å²) in [5.74, 6) is -1.27. The van der Waals surface area contributed by atoms with Crippen LogP contribution in [0.5, 0.6) is 0 Å². The van der Waals surface area contributed by atoms with Crippen LogP contribution < -0.4 is 5.32 Å². The van der Waals surface area contributed by atoms with E-state index in [2.05, 4.69) is 5.32 Å². The van der Waals surface area contributed by atoms with Crippen molar-refractivity contribution in [1.29, 1.82) is 0 Å². The monoisotopic (exact) mass is 336 g/mol. The highest BCUT2D eigenvalue weighted by atomic mass is 35.5. The number of nitrogens with one attached hydrogen (secondary N) is 1. The predicted molar refractivity (Wildman–Crippen MR) is 87.7 cm³/mol. The first-order valence-corrected chi connectivity index (χ1v) is 8.40. The average molecular weight is 337 g/mol. The molecule has 2 amide bonds. The van der Waals surface area contributed by atoms with Gasteiger partial charge in [0, 0.05) is 30.1 Å². The van der Waals surface area contributed by atoms with E-state index in [4.69, 9.17) is 16.7 Å². The van der Waals surface area contributed by atoms with Crippen molar-refractivity contribution in [2.24, 2.45) is 5.92 Å². The van der Waals surface area contributed by atoms with Crippen LogP contribution in [0.1, 0.15) is 31.2 Å². The number of hydrogen-bond donors (Lipinski definition) is 2. The number of piperidine rings is 1. The number of hydrogen-bond acceptors (Lipinski definition) is 2. The van der Waals surface area contributed by atoms with Crippen molar-refractivity contribution >= 4 is 23.6 Å². The van der Waals surface area contributed by atoms with Crippen LogP contribution in [0.15, 0.2) is 24.3 Å². The van der Waals surface area contributed by atoms with Crippen LogP contribution in [0.2, 0.25) is 5.02 Å². The minimum Gasteiger partial charge on any atom is -0.481 e. The summed E-state index contributed by atoms with van der Waals surface area (Å²) in [6, 6.07) is 7.59. The molecule has 2 aliphatic rings. The number of halogens is 1. The third kappa shape index (κ3) is 3.44. The third-order valence-corrected chi connectivity index (χ3v) is 5.26. The molecule has 0 bridgehead atoms. The van der Waals surface area contributed by atoms with Gasteiger partial charge in [-0.05, 0) is 37.3 Å². The third-order valence-electron chi connectivity index (χ3n) is 4.93. The van der Waals surface area contributed by atoms with Crippen LogP contribution in [0.3, 0.4) is 0 Å². The molecule has 1 unspecified atom stereocenters. The largest absolute Gasteiger partial charge is 0.481 e. The number of likely N-dealkylation sites (tertiary alicyclic amines) is 1. The van der Waals surface area contributed by atoms with Gasteiger partial charge in [0.2, 0.25) is 0 Å². The summed E-state index contributed by atoms with van der Waals surface area (Å²) in [4.78, 5) is 25.1. The Bertz CT molecular complexity index is 616. The summed E-state index contributed by atoms with van der Waals surface area (Å²) in [7, 11) is 0. The summed E-state index contributed by atoms with van der Waals surface area (Å²) >= 11 is 6.28. The first-order chi connectivity index (χ1) is 11.0. The molecule has 0 spiro atoms. The Hall–Kier alpha value is -1.75. The fraction of sp³-hybridized carbons (Fsp3) is 0.529. The van der Waals surface area contributed by atoms with E-state index in [1.54, 1.807) is 4.90 Å². The SMILES string of the molecule is O=C(O)C1CCCN(C(=O)NCC2(c3ccccc3Cl)CC2)C1. The molecule has 1 heterocycles. The van der Waals surface area contributed by atoms with Crippen molar-refractivity contribution in [3.8, 4) is 0 Å². The van der Waals surface area contributed by atoms with Crippen molar-refractivity contribution in [2.75, 3.05) is 19.6 Å². The zero-order chi connectivity index (χ0) is 16.4. The molecule has 6 heteroatoms. The molecular weight excluding hydrogens is 316 g/mol. The molecule has 124 valence electrons. The molecule has 0 aromatic heterocycles. The first-order valence-electron chi connectivity index (χ1n) is 8.02. The Morgan fingerprint density at radius 3 is 2.74 bits per heavy atom. The van der Waals surface area contributed by atoms with E-state index < -0.39 is 11.9 Å². The van der Waals surface area contributed by atoms with Gasteiger partial charge in [-0.15, -0.1) is 0 Å². The minimum atomic E-state index is -0.822. The van der Waals surface area contributed by atoms with Crippen molar-refractivity contribution in [3.05, 3.63) is 34.9 Å². The molecule has 1 saturated carbocycles. The predicted octanol–water partition coefficient (Wildman–Crippen LogP) is 2.88. The quantitative estimate of drug-likeness (QED) is 0.888. The lowest BCUT2D eigenvalue weighted by Gasteiger charge is -2.31. The van der Waals surface area contributed by atoms with E-state index in [1.165, 1.54) is 0 Å².